The summed E-state index contributed by atoms with van der Waals surface area (Å²) in [6.07, 6.45) is 4.79. The van der Waals surface area contributed by atoms with Crippen molar-refractivity contribution in [1.29, 1.82) is 0 Å². The third-order valence-corrected chi connectivity index (χ3v) is 7.92. The normalized spacial score (nSPS) is 14.3. The van der Waals surface area contributed by atoms with Gasteiger partial charge in [0.1, 0.15) is 5.69 Å². The third-order valence-electron chi connectivity index (χ3n) is 7.92. The number of ether oxygens (including phenoxy) is 1. The minimum atomic E-state index is -0.309. The van der Waals surface area contributed by atoms with Crippen LogP contribution in [0.2, 0.25) is 0 Å². The zero-order valence-corrected chi connectivity index (χ0v) is 25.8. The standard InChI is InChI=1S/C34H39N7O4/c1-21-27(5-4-6-28(21)40-33(44)30-17-23(11-13-37-30)18-35-15-16-42)32-22(2)26(12-14-38-32)29-9-7-24(34(41-29)45-3)19-36-20-25-8-10-31(43)39-25/h4-7,9,11-14,17,25,35-36,42H,8,10,15-16,18-20H2,1-3H3,(H,39,43)(H,40,44). The summed E-state index contributed by atoms with van der Waals surface area (Å²) < 4.78 is 5.65. The van der Waals surface area contributed by atoms with Gasteiger partial charge < -0.3 is 31.1 Å². The highest BCUT2D eigenvalue weighted by Gasteiger charge is 2.21. The fourth-order valence-electron chi connectivity index (χ4n) is 5.46. The first-order valence-corrected chi connectivity index (χ1v) is 15.1. The summed E-state index contributed by atoms with van der Waals surface area (Å²) in [6.45, 7) is 6.28. The summed E-state index contributed by atoms with van der Waals surface area (Å²) in [4.78, 5) is 38.4. The van der Waals surface area contributed by atoms with E-state index < -0.39 is 0 Å². The fraction of sp³-hybridized carbons (Fsp3) is 0.324. The van der Waals surface area contributed by atoms with Crippen LogP contribution in [0.4, 0.5) is 5.69 Å². The summed E-state index contributed by atoms with van der Waals surface area (Å²) in [5, 5.41) is 21.5. The molecular formula is C34H39N7O4. The van der Waals surface area contributed by atoms with Crippen molar-refractivity contribution >= 4 is 17.5 Å². The van der Waals surface area contributed by atoms with Gasteiger partial charge in [0.05, 0.1) is 25.1 Å². The zero-order valence-electron chi connectivity index (χ0n) is 25.8. The second-order valence-corrected chi connectivity index (χ2v) is 11.0. The largest absolute Gasteiger partial charge is 0.481 e. The Balaban J connectivity index is 1.33. The molecular weight excluding hydrogens is 570 g/mol. The Hall–Kier alpha value is -4.71. The van der Waals surface area contributed by atoms with E-state index in [1.165, 1.54) is 0 Å². The van der Waals surface area contributed by atoms with Gasteiger partial charge in [-0.3, -0.25) is 19.6 Å². The van der Waals surface area contributed by atoms with Gasteiger partial charge in [-0.2, -0.15) is 0 Å². The second-order valence-electron chi connectivity index (χ2n) is 11.0. The van der Waals surface area contributed by atoms with E-state index in [4.69, 9.17) is 19.8 Å². The molecule has 11 heteroatoms. The molecule has 1 saturated heterocycles. The van der Waals surface area contributed by atoms with Crippen molar-refractivity contribution in [2.45, 2.75) is 45.8 Å². The van der Waals surface area contributed by atoms with E-state index >= 15 is 0 Å². The van der Waals surface area contributed by atoms with Gasteiger partial charge in [-0.25, -0.2) is 4.98 Å². The number of aromatic nitrogens is 3. The molecule has 1 fully saturated rings. The molecule has 0 saturated carbocycles. The van der Waals surface area contributed by atoms with E-state index in [0.717, 1.165) is 51.2 Å². The monoisotopic (exact) mass is 609 g/mol. The number of nitrogens with zero attached hydrogens (tertiary/aromatic N) is 3. The van der Waals surface area contributed by atoms with E-state index in [9.17, 15) is 9.59 Å². The van der Waals surface area contributed by atoms with Crippen LogP contribution in [-0.4, -0.2) is 64.7 Å². The smallest absolute Gasteiger partial charge is 0.274 e. The van der Waals surface area contributed by atoms with E-state index in [0.29, 0.717) is 49.9 Å². The topological polar surface area (TPSA) is 150 Å². The maximum absolute atomic E-state index is 13.1. The summed E-state index contributed by atoms with van der Waals surface area (Å²) in [6, 6.07) is 15.4. The molecule has 0 bridgehead atoms. The molecule has 234 valence electrons. The van der Waals surface area contributed by atoms with Crippen LogP contribution in [0.15, 0.2) is 60.9 Å². The second kappa shape index (κ2) is 14.8. The molecule has 0 spiro atoms. The molecule has 3 aromatic heterocycles. The van der Waals surface area contributed by atoms with Crippen molar-refractivity contribution in [2.75, 3.05) is 32.1 Å². The van der Waals surface area contributed by atoms with Crippen molar-refractivity contribution in [2.24, 2.45) is 0 Å². The number of pyridine rings is 3. The predicted molar refractivity (Wildman–Crippen MR) is 173 cm³/mol. The molecule has 0 aliphatic carbocycles. The van der Waals surface area contributed by atoms with Crippen LogP contribution >= 0.6 is 0 Å². The summed E-state index contributed by atoms with van der Waals surface area (Å²) in [5.74, 6) is 0.333. The molecule has 4 aromatic rings. The maximum Gasteiger partial charge on any atom is 0.274 e. The van der Waals surface area contributed by atoms with E-state index in [1.807, 2.05) is 56.3 Å². The van der Waals surface area contributed by atoms with Crippen molar-refractivity contribution in [3.8, 4) is 28.4 Å². The number of hydrogen-bond acceptors (Lipinski definition) is 9. The zero-order chi connectivity index (χ0) is 31.8. The number of aliphatic hydroxyl groups is 1. The quantitative estimate of drug-likeness (QED) is 0.143. The number of carbonyl (C=O) groups excluding carboxylic acids is 2. The number of aliphatic hydroxyl groups excluding tert-OH is 1. The first-order chi connectivity index (χ1) is 21.9. The lowest BCUT2D eigenvalue weighted by Gasteiger charge is -2.16. The van der Waals surface area contributed by atoms with Crippen LogP contribution in [0.25, 0.3) is 22.5 Å². The number of benzene rings is 1. The Kier molecular flexibility index (Phi) is 10.5. The number of amides is 2. The summed E-state index contributed by atoms with van der Waals surface area (Å²) in [7, 11) is 1.61. The Bertz CT molecular complexity index is 1680. The molecule has 1 aliphatic rings. The minimum absolute atomic E-state index is 0.0457. The van der Waals surface area contributed by atoms with Crippen LogP contribution < -0.4 is 26.0 Å². The summed E-state index contributed by atoms with van der Waals surface area (Å²) >= 11 is 0. The predicted octanol–water partition coefficient (Wildman–Crippen LogP) is 3.53. The molecule has 1 atom stereocenters. The number of carbonyl (C=O) groups is 2. The summed E-state index contributed by atoms with van der Waals surface area (Å²) in [5.41, 5.74) is 8.02. The molecule has 5 N–H and O–H groups in total. The molecule has 1 unspecified atom stereocenters. The van der Waals surface area contributed by atoms with E-state index in [-0.39, 0.29) is 24.5 Å². The van der Waals surface area contributed by atoms with Gasteiger partial charge >= 0.3 is 0 Å². The van der Waals surface area contributed by atoms with Gasteiger partial charge in [0.25, 0.3) is 5.91 Å². The first-order valence-electron chi connectivity index (χ1n) is 15.1. The average Bonchev–Trinajstić information content (AvgIpc) is 3.47. The molecule has 1 aromatic carbocycles. The minimum Gasteiger partial charge on any atom is -0.481 e. The molecule has 45 heavy (non-hydrogen) atoms. The van der Waals surface area contributed by atoms with Crippen LogP contribution in [0, 0.1) is 13.8 Å². The SMILES string of the molecule is COc1nc(-c2ccnc(-c3cccc(NC(=O)c4cc(CNCCO)ccn4)c3C)c2C)ccc1CNCC1CCC(=O)N1. The van der Waals surface area contributed by atoms with Crippen LogP contribution in [0.5, 0.6) is 5.88 Å². The number of hydrogen-bond donors (Lipinski definition) is 5. The molecule has 4 heterocycles. The van der Waals surface area contributed by atoms with Gasteiger partial charge in [0.2, 0.25) is 11.8 Å². The molecule has 5 rings (SSSR count). The van der Waals surface area contributed by atoms with Gasteiger partial charge in [0.15, 0.2) is 0 Å². The number of anilines is 1. The number of nitrogens with one attached hydrogen (secondary N) is 4. The van der Waals surface area contributed by atoms with Crippen molar-refractivity contribution in [1.82, 2.24) is 30.9 Å². The third kappa shape index (κ3) is 7.69. The van der Waals surface area contributed by atoms with Gasteiger partial charge in [-0.15, -0.1) is 0 Å². The van der Waals surface area contributed by atoms with Crippen LogP contribution in [-0.2, 0) is 17.9 Å². The van der Waals surface area contributed by atoms with Crippen molar-refractivity contribution in [3.63, 3.8) is 0 Å². The Morgan fingerprint density at radius 3 is 2.64 bits per heavy atom. The highest BCUT2D eigenvalue weighted by atomic mass is 16.5. The fourth-order valence-corrected chi connectivity index (χ4v) is 5.46. The van der Waals surface area contributed by atoms with Crippen LogP contribution in [0.3, 0.4) is 0 Å². The molecule has 11 nitrogen and oxygen atoms in total. The van der Waals surface area contributed by atoms with Gasteiger partial charge in [-0.05, 0) is 67.3 Å². The lowest BCUT2D eigenvalue weighted by Crippen LogP contribution is -2.35. The molecule has 0 radical (unpaired) electrons. The van der Waals surface area contributed by atoms with Gasteiger partial charge in [0, 0.05) is 73.4 Å². The Labute approximate surface area is 262 Å². The lowest BCUT2D eigenvalue weighted by molar-refractivity contribution is -0.119. The Morgan fingerprint density at radius 1 is 1.02 bits per heavy atom. The number of methoxy groups -OCH3 is 1. The van der Waals surface area contributed by atoms with Crippen LogP contribution in [0.1, 0.15) is 45.6 Å². The van der Waals surface area contributed by atoms with Gasteiger partial charge in [-0.1, -0.05) is 18.2 Å². The molecule has 1 aliphatic heterocycles. The highest BCUT2D eigenvalue weighted by Crippen LogP contribution is 2.34. The Morgan fingerprint density at radius 2 is 1.87 bits per heavy atom. The molecule has 2 amide bonds. The van der Waals surface area contributed by atoms with Crippen molar-refractivity contribution in [3.05, 3.63) is 88.9 Å². The number of rotatable bonds is 13. The highest BCUT2D eigenvalue weighted by molar-refractivity contribution is 6.04. The maximum atomic E-state index is 13.1. The lowest BCUT2D eigenvalue weighted by atomic mass is 9.96. The van der Waals surface area contributed by atoms with Crippen molar-refractivity contribution < 1.29 is 19.4 Å². The average molecular weight is 610 g/mol. The van der Waals surface area contributed by atoms with E-state index in [1.54, 1.807) is 25.6 Å². The first kappa shape index (κ1) is 31.7. The van der Waals surface area contributed by atoms with E-state index in [2.05, 4.69) is 26.3 Å².